The van der Waals surface area contributed by atoms with Gasteiger partial charge < -0.3 is 23.9 Å². The Morgan fingerprint density at radius 2 is 1.79 bits per heavy atom. The molecule has 3 aromatic rings. The number of methoxy groups -OCH3 is 2. The second kappa shape index (κ2) is 10.7. The van der Waals surface area contributed by atoms with Gasteiger partial charge in [-0.1, -0.05) is 0 Å². The molecule has 2 heterocycles. The van der Waals surface area contributed by atoms with Crippen molar-refractivity contribution >= 4 is 35.6 Å². The lowest BCUT2D eigenvalue weighted by Crippen LogP contribution is -2.30. The van der Waals surface area contributed by atoms with Crippen molar-refractivity contribution in [1.29, 1.82) is 0 Å². The molecule has 0 aliphatic carbocycles. The SMILES string of the molecule is COC(=O)c1ccc(CN2C(=O)N/C(=C\c3cc([N+](=O)[O-])ccc3OC(=O)c3ccc(OC)cc3)C2=O)o1. The molecule has 0 saturated carbocycles. The molecule has 1 aliphatic rings. The summed E-state index contributed by atoms with van der Waals surface area (Å²) in [7, 11) is 2.65. The zero-order valence-electron chi connectivity index (χ0n) is 20.0. The molecule has 13 nitrogen and oxygen atoms in total. The number of nitro groups is 1. The first kappa shape index (κ1) is 25.6. The molecule has 0 spiro atoms. The van der Waals surface area contributed by atoms with Crippen LogP contribution in [-0.2, 0) is 16.1 Å². The van der Waals surface area contributed by atoms with Gasteiger partial charge in [0.15, 0.2) is 0 Å². The minimum absolute atomic E-state index is 0.00228. The van der Waals surface area contributed by atoms with Crippen molar-refractivity contribution in [2.75, 3.05) is 14.2 Å². The third kappa shape index (κ3) is 5.36. The third-order valence-corrected chi connectivity index (χ3v) is 5.36. The first-order chi connectivity index (χ1) is 18.2. The highest BCUT2D eigenvalue weighted by Gasteiger charge is 2.35. The Morgan fingerprint density at radius 3 is 2.45 bits per heavy atom. The molecule has 0 unspecified atom stereocenters. The molecule has 1 fully saturated rings. The van der Waals surface area contributed by atoms with Crippen LogP contribution in [-0.4, -0.2) is 47.9 Å². The van der Waals surface area contributed by atoms with E-state index in [9.17, 15) is 29.3 Å². The summed E-state index contributed by atoms with van der Waals surface area (Å²) in [5, 5.41) is 13.7. The first-order valence-corrected chi connectivity index (χ1v) is 10.9. The standard InChI is InChI=1S/C25H19N3O10/c1-35-17-6-3-14(4-7-17)23(30)38-20-9-5-16(28(33)34)11-15(20)12-19-22(29)27(25(32)26-19)13-18-8-10-21(37-18)24(31)36-2/h3-12H,13H2,1-2H3,(H,26,32)/b19-12-. The van der Waals surface area contributed by atoms with Crippen LogP contribution in [0.5, 0.6) is 11.5 Å². The number of ether oxygens (including phenoxy) is 3. The van der Waals surface area contributed by atoms with Gasteiger partial charge in [0.25, 0.3) is 11.6 Å². The number of non-ortho nitro benzene ring substituents is 1. The number of rotatable bonds is 8. The number of carbonyl (C=O) groups is 4. The van der Waals surface area contributed by atoms with Gasteiger partial charge in [0.2, 0.25) is 5.76 Å². The van der Waals surface area contributed by atoms with E-state index in [1.807, 2.05) is 0 Å². The molecule has 0 atom stereocenters. The molecular formula is C25H19N3O10. The second-order valence-electron chi connectivity index (χ2n) is 7.73. The number of nitrogens with one attached hydrogen (secondary N) is 1. The fraction of sp³-hybridized carbons (Fsp3) is 0.120. The van der Waals surface area contributed by atoms with Crippen molar-refractivity contribution < 1.29 is 42.7 Å². The Balaban J connectivity index is 1.60. The molecule has 4 rings (SSSR count). The van der Waals surface area contributed by atoms with E-state index in [0.29, 0.717) is 5.75 Å². The molecule has 1 N–H and O–H groups in total. The normalized spacial score (nSPS) is 13.8. The van der Waals surface area contributed by atoms with Gasteiger partial charge in [-0.3, -0.25) is 19.8 Å². The average Bonchev–Trinajstić information content (AvgIpc) is 3.49. The smallest absolute Gasteiger partial charge is 0.373 e. The lowest BCUT2D eigenvalue weighted by molar-refractivity contribution is -0.384. The molecule has 38 heavy (non-hydrogen) atoms. The molecule has 0 bridgehead atoms. The summed E-state index contributed by atoms with van der Waals surface area (Å²) in [4.78, 5) is 61.1. The Kier molecular flexibility index (Phi) is 7.19. The number of furan rings is 1. The maximum Gasteiger partial charge on any atom is 0.373 e. The molecule has 2 aromatic carbocycles. The van der Waals surface area contributed by atoms with Gasteiger partial charge in [-0.05, 0) is 48.5 Å². The Labute approximate surface area is 214 Å². The highest BCUT2D eigenvalue weighted by molar-refractivity contribution is 6.14. The molecule has 194 valence electrons. The molecule has 1 saturated heterocycles. The van der Waals surface area contributed by atoms with Crippen molar-refractivity contribution in [3.8, 4) is 11.5 Å². The zero-order chi connectivity index (χ0) is 27.4. The summed E-state index contributed by atoms with van der Waals surface area (Å²) in [6.07, 6.45) is 1.16. The van der Waals surface area contributed by atoms with Gasteiger partial charge in [0, 0.05) is 17.7 Å². The second-order valence-corrected chi connectivity index (χ2v) is 7.73. The van der Waals surface area contributed by atoms with Crippen LogP contribution in [0, 0.1) is 10.1 Å². The van der Waals surface area contributed by atoms with Crippen LogP contribution in [0.1, 0.15) is 32.2 Å². The van der Waals surface area contributed by atoms with E-state index in [1.54, 1.807) is 12.1 Å². The van der Waals surface area contributed by atoms with Gasteiger partial charge in [0.1, 0.15) is 23.0 Å². The van der Waals surface area contributed by atoms with Crippen LogP contribution >= 0.6 is 0 Å². The van der Waals surface area contributed by atoms with Crippen LogP contribution in [0.25, 0.3) is 6.08 Å². The van der Waals surface area contributed by atoms with Crippen LogP contribution in [0.4, 0.5) is 10.5 Å². The number of esters is 2. The van der Waals surface area contributed by atoms with E-state index >= 15 is 0 Å². The van der Waals surface area contributed by atoms with Crippen molar-refractivity contribution in [3.05, 3.63) is 93.1 Å². The van der Waals surface area contributed by atoms with Gasteiger partial charge in [-0.2, -0.15) is 0 Å². The number of imide groups is 1. The minimum atomic E-state index is -0.792. The van der Waals surface area contributed by atoms with Crippen LogP contribution in [0.2, 0.25) is 0 Å². The van der Waals surface area contributed by atoms with Crippen molar-refractivity contribution in [3.63, 3.8) is 0 Å². The number of nitro benzene ring substituents is 1. The number of benzene rings is 2. The summed E-state index contributed by atoms with van der Waals surface area (Å²) in [5.41, 5.74) is -0.376. The third-order valence-electron chi connectivity index (χ3n) is 5.36. The number of hydrogen-bond donors (Lipinski definition) is 1. The molecule has 3 amide bonds. The fourth-order valence-electron chi connectivity index (χ4n) is 3.44. The predicted molar refractivity (Wildman–Crippen MR) is 128 cm³/mol. The summed E-state index contributed by atoms with van der Waals surface area (Å²) >= 11 is 0. The number of nitrogens with zero attached hydrogens (tertiary/aromatic N) is 2. The molecule has 0 radical (unpaired) electrons. The quantitative estimate of drug-likeness (QED) is 0.116. The van der Waals surface area contributed by atoms with Gasteiger partial charge in [-0.25, -0.2) is 14.4 Å². The van der Waals surface area contributed by atoms with E-state index in [2.05, 4.69) is 10.1 Å². The Bertz CT molecular complexity index is 1470. The van der Waals surface area contributed by atoms with Crippen LogP contribution in [0.15, 0.2) is 64.7 Å². The van der Waals surface area contributed by atoms with Crippen LogP contribution < -0.4 is 14.8 Å². The fourth-order valence-corrected chi connectivity index (χ4v) is 3.44. The summed E-state index contributed by atoms with van der Waals surface area (Å²) in [6.45, 7) is -0.298. The largest absolute Gasteiger partial charge is 0.497 e. The molecule has 13 heteroatoms. The first-order valence-electron chi connectivity index (χ1n) is 10.9. The van der Waals surface area contributed by atoms with Gasteiger partial charge in [-0.15, -0.1) is 0 Å². The lowest BCUT2D eigenvalue weighted by Gasteiger charge is -2.10. The van der Waals surface area contributed by atoms with E-state index in [4.69, 9.17) is 13.9 Å². The number of hydrogen-bond acceptors (Lipinski definition) is 10. The average molecular weight is 521 g/mol. The lowest BCUT2D eigenvalue weighted by atomic mass is 10.1. The Hall–Kier alpha value is -5.46. The minimum Gasteiger partial charge on any atom is -0.497 e. The predicted octanol–water partition coefficient (Wildman–Crippen LogP) is 3.30. The zero-order valence-corrected chi connectivity index (χ0v) is 20.0. The molecule has 1 aromatic heterocycles. The highest BCUT2D eigenvalue weighted by Crippen LogP contribution is 2.29. The molecular weight excluding hydrogens is 502 g/mol. The summed E-state index contributed by atoms with van der Waals surface area (Å²) in [6, 6.07) is 11.5. The number of carbonyl (C=O) groups excluding carboxylic acids is 4. The van der Waals surface area contributed by atoms with E-state index < -0.39 is 28.8 Å². The monoisotopic (exact) mass is 521 g/mol. The van der Waals surface area contributed by atoms with E-state index in [-0.39, 0.29) is 46.3 Å². The van der Waals surface area contributed by atoms with E-state index in [0.717, 1.165) is 23.1 Å². The van der Waals surface area contributed by atoms with Gasteiger partial charge >= 0.3 is 18.0 Å². The molecule has 1 aliphatic heterocycles. The maximum atomic E-state index is 12.9. The van der Waals surface area contributed by atoms with Crippen molar-refractivity contribution in [2.45, 2.75) is 6.54 Å². The van der Waals surface area contributed by atoms with Crippen LogP contribution in [0.3, 0.4) is 0 Å². The Morgan fingerprint density at radius 1 is 1.05 bits per heavy atom. The number of urea groups is 1. The summed E-state index contributed by atoms with van der Waals surface area (Å²) in [5.74, 6) is -1.79. The number of amides is 3. The summed E-state index contributed by atoms with van der Waals surface area (Å²) < 4.78 is 20.3. The highest BCUT2D eigenvalue weighted by atomic mass is 16.6. The topological polar surface area (TPSA) is 168 Å². The van der Waals surface area contributed by atoms with Gasteiger partial charge in [0.05, 0.1) is 31.3 Å². The maximum absolute atomic E-state index is 12.9. The van der Waals surface area contributed by atoms with Crippen molar-refractivity contribution in [2.24, 2.45) is 0 Å². The van der Waals surface area contributed by atoms with E-state index in [1.165, 1.54) is 44.6 Å². The van der Waals surface area contributed by atoms with Crippen molar-refractivity contribution in [1.82, 2.24) is 10.2 Å².